The average Bonchev–Trinajstić information content (AvgIpc) is 2.76. The van der Waals surface area contributed by atoms with Gasteiger partial charge in [0.1, 0.15) is 0 Å². The van der Waals surface area contributed by atoms with Gasteiger partial charge in [0.25, 0.3) is 5.91 Å². The highest BCUT2D eigenvalue weighted by atomic mass is 16.5. The Balaban J connectivity index is 2.81. The molecule has 1 rings (SSSR count). The number of carbonyl (C=O) groups excluding carboxylic acids is 1. The summed E-state index contributed by atoms with van der Waals surface area (Å²) in [6.45, 7) is 1.81. The molecule has 8 nitrogen and oxygen atoms in total. The summed E-state index contributed by atoms with van der Waals surface area (Å²) in [4.78, 5) is 11.9. The van der Waals surface area contributed by atoms with Crippen molar-refractivity contribution in [1.82, 2.24) is 15.1 Å². The first kappa shape index (κ1) is 13.8. The molecule has 1 unspecified atom stereocenters. The van der Waals surface area contributed by atoms with Gasteiger partial charge in [-0.1, -0.05) is 12.1 Å². The van der Waals surface area contributed by atoms with E-state index in [-0.39, 0.29) is 11.5 Å². The molecule has 1 amide bonds. The van der Waals surface area contributed by atoms with Crippen molar-refractivity contribution in [3.63, 3.8) is 0 Å². The summed E-state index contributed by atoms with van der Waals surface area (Å²) in [5.74, 6) is 0.0121. The lowest BCUT2D eigenvalue weighted by atomic mass is 10.2. The lowest BCUT2D eigenvalue weighted by molar-refractivity contribution is 0.0940. The molecule has 8 heteroatoms. The number of rotatable bonds is 5. The molecule has 1 atom stereocenters. The number of methoxy groups -OCH3 is 1. The summed E-state index contributed by atoms with van der Waals surface area (Å²) >= 11 is 0. The van der Waals surface area contributed by atoms with Gasteiger partial charge in [0, 0.05) is 13.1 Å². The van der Waals surface area contributed by atoms with Crippen LogP contribution in [-0.2, 0) is 7.05 Å². The minimum Gasteiger partial charge on any atom is -0.481 e. The predicted molar refractivity (Wildman–Crippen MR) is 64.7 cm³/mol. The number of nitrogens with zero attached hydrogens (tertiary/aromatic N) is 3. The van der Waals surface area contributed by atoms with Crippen LogP contribution in [0.1, 0.15) is 23.8 Å². The van der Waals surface area contributed by atoms with Crippen molar-refractivity contribution < 1.29 is 14.7 Å². The molecule has 0 saturated carbocycles. The molecule has 4 N–H and O–H groups in total. The molecular formula is C10H17N5O3. The van der Waals surface area contributed by atoms with Crippen molar-refractivity contribution in [2.24, 2.45) is 17.9 Å². The second kappa shape index (κ2) is 5.89. The largest absolute Gasteiger partial charge is 0.481 e. The number of aromatic nitrogens is 2. The lowest BCUT2D eigenvalue weighted by Gasteiger charge is -2.13. The highest BCUT2D eigenvalue weighted by Crippen LogP contribution is 2.11. The van der Waals surface area contributed by atoms with Crippen LogP contribution in [0.15, 0.2) is 11.2 Å². The third kappa shape index (κ3) is 2.90. The fraction of sp³-hybridized carbons (Fsp3) is 0.500. The number of nitrogens with two attached hydrogens (primary N) is 1. The monoisotopic (exact) mass is 255 g/mol. The summed E-state index contributed by atoms with van der Waals surface area (Å²) in [7, 11) is 3.15. The quantitative estimate of drug-likeness (QED) is 0.289. The fourth-order valence-corrected chi connectivity index (χ4v) is 1.44. The number of ether oxygens (including phenoxy) is 1. The van der Waals surface area contributed by atoms with Gasteiger partial charge in [-0.05, 0) is 6.42 Å². The van der Waals surface area contributed by atoms with Gasteiger partial charge in [0.05, 0.1) is 13.2 Å². The van der Waals surface area contributed by atoms with Crippen LogP contribution in [0.5, 0.6) is 5.88 Å². The second-order valence-electron chi connectivity index (χ2n) is 3.65. The van der Waals surface area contributed by atoms with Crippen LogP contribution in [0.25, 0.3) is 0 Å². The maximum Gasteiger partial charge on any atom is 0.272 e. The molecule has 0 fully saturated rings. The Hall–Kier alpha value is -2.25. The molecule has 0 saturated heterocycles. The second-order valence-corrected chi connectivity index (χ2v) is 3.65. The first-order chi connectivity index (χ1) is 8.53. The third-order valence-corrected chi connectivity index (χ3v) is 2.46. The molecule has 0 radical (unpaired) electrons. The normalized spacial score (nSPS) is 13.2. The van der Waals surface area contributed by atoms with E-state index in [9.17, 15) is 4.79 Å². The molecular weight excluding hydrogens is 238 g/mol. The van der Waals surface area contributed by atoms with Crippen LogP contribution >= 0.6 is 0 Å². The highest BCUT2D eigenvalue weighted by Gasteiger charge is 2.19. The first-order valence-electron chi connectivity index (χ1n) is 5.39. The Labute approximate surface area is 104 Å². The third-order valence-electron chi connectivity index (χ3n) is 2.46. The molecule has 1 aromatic heterocycles. The lowest BCUT2D eigenvalue weighted by Crippen LogP contribution is -2.44. The van der Waals surface area contributed by atoms with Crippen LogP contribution < -0.4 is 15.8 Å². The zero-order chi connectivity index (χ0) is 13.7. The maximum atomic E-state index is 11.9. The number of aryl methyl sites for hydroxylation is 1. The predicted octanol–water partition coefficient (Wildman–Crippen LogP) is -0.316. The van der Waals surface area contributed by atoms with E-state index in [0.29, 0.717) is 12.3 Å². The number of amidine groups is 1. The summed E-state index contributed by atoms with van der Waals surface area (Å²) in [5, 5.41) is 18.1. The smallest absolute Gasteiger partial charge is 0.272 e. The van der Waals surface area contributed by atoms with Gasteiger partial charge in [-0.2, -0.15) is 5.10 Å². The molecule has 100 valence electrons. The minimum absolute atomic E-state index is 0.0475. The molecule has 0 aromatic carbocycles. The van der Waals surface area contributed by atoms with Gasteiger partial charge in [-0.3, -0.25) is 4.79 Å². The van der Waals surface area contributed by atoms with Crippen LogP contribution in [0, 0.1) is 0 Å². The SMILES string of the molecule is CCC(NC(=O)c1cc(OC)n(C)n1)/C(N)=N/O. The van der Waals surface area contributed by atoms with Gasteiger partial charge < -0.3 is 21.0 Å². The minimum atomic E-state index is -0.532. The molecule has 18 heavy (non-hydrogen) atoms. The number of carbonyl (C=O) groups is 1. The average molecular weight is 255 g/mol. The van der Waals surface area contributed by atoms with E-state index in [0.717, 1.165) is 0 Å². The number of hydrogen-bond acceptors (Lipinski definition) is 5. The Morgan fingerprint density at radius 3 is 2.89 bits per heavy atom. The van der Waals surface area contributed by atoms with Crippen molar-refractivity contribution in [2.45, 2.75) is 19.4 Å². The standard InChI is InChI=1S/C10H17N5O3/c1-4-6(9(11)14-17)12-10(16)7-5-8(18-3)15(2)13-7/h5-6,17H,4H2,1-3H3,(H2,11,14)(H,12,16). The van der Waals surface area contributed by atoms with Crippen molar-refractivity contribution >= 4 is 11.7 Å². The number of nitrogens with one attached hydrogen (secondary N) is 1. The van der Waals surface area contributed by atoms with E-state index in [2.05, 4.69) is 15.6 Å². The van der Waals surface area contributed by atoms with Gasteiger partial charge in [0.15, 0.2) is 11.5 Å². The van der Waals surface area contributed by atoms with Crippen LogP contribution in [0.3, 0.4) is 0 Å². The van der Waals surface area contributed by atoms with Crippen LogP contribution in [0.4, 0.5) is 0 Å². The molecule has 0 bridgehead atoms. The van der Waals surface area contributed by atoms with E-state index in [1.807, 2.05) is 6.92 Å². The number of hydrogen-bond donors (Lipinski definition) is 3. The first-order valence-corrected chi connectivity index (χ1v) is 5.39. The topological polar surface area (TPSA) is 115 Å². The van der Waals surface area contributed by atoms with Crippen LogP contribution in [-0.4, -0.2) is 39.9 Å². The zero-order valence-electron chi connectivity index (χ0n) is 10.5. The van der Waals surface area contributed by atoms with Crippen molar-refractivity contribution in [3.8, 4) is 5.88 Å². The van der Waals surface area contributed by atoms with Crippen molar-refractivity contribution in [1.29, 1.82) is 0 Å². The summed E-state index contributed by atoms with van der Waals surface area (Å²) in [6.07, 6.45) is 0.506. The Morgan fingerprint density at radius 2 is 2.44 bits per heavy atom. The van der Waals surface area contributed by atoms with Gasteiger partial charge in [0.2, 0.25) is 5.88 Å². The van der Waals surface area contributed by atoms with E-state index >= 15 is 0 Å². The Bertz CT molecular complexity index is 454. The molecule has 1 heterocycles. The van der Waals surface area contributed by atoms with E-state index < -0.39 is 11.9 Å². The fourth-order valence-electron chi connectivity index (χ4n) is 1.44. The van der Waals surface area contributed by atoms with Gasteiger partial charge in [-0.15, -0.1) is 0 Å². The van der Waals surface area contributed by atoms with Crippen molar-refractivity contribution in [2.75, 3.05) is 7.11 Å². The highest BCUT2D eigenvalue weighted by molar-refractivity contribution is 5.97. The summed E-state index contributed by atoms with van der Waals surface area (Å²) in [6, 6.07) is 0.976. The van der Waals surface area contributed by atoms with E-state index in [1.54, 1.807) is 7.05 Å². The number of oxime groups is 1. The molecule has 1 aromatic rings. The van der Waals surface area contributed by atoms with Gasteiger partial charge in [-0.25, -0.2) is 4.68 Å². The Morgan fingerprint density at radius 1 is 1.78 bits per heavy atom. The molecule has 0 spiro atoms. The molecule has 0 aliphatic carbocycles. The van der Waals surface area contributed by atoms with Gasteiger partial charge >= 0.3 is 0 Å². The van der Waals surface area contributed by atoms with E-state index in [1.165, 1.54) is 17.9 Å². The molecule has 0 aliphatic rings. The summed E-state index contributed by atoms with van der Waals surface area (Å²) < 4.78 is 6.45. The summed E-state index contributed by atoms with van der Waals surface area (Å²) in [5.41, 5.74) is 5.66. The Kier molecular flexibility index (Phi) is 4.52. The van der Waals surface area contributed by atoms with E-state index in [4.69, 9.17) is 15.7 Å². The zero-order valence-corrected chi connectivity index (χ0v) is 10.5. The molecule has 0 aliphatic heterocycles. The maximum absolute atomic E-state index is 11.9. The number of amides is 1. The van der Waals surface area contributed by atoms with Crippen molar-refractivity contribution in [3.05, 3.63) is 11.8 Å². The van der Waals surface area contributed by atoms with Crippen LogP contribution in [0.2, 0.25) is 0 Å².